The Bertz CT molecular complexity index is 134. The van der Waals surface area contributed by atoms with Crippen LogP contribution in [-0.2, 0) is 0 Å². The SMILES string of the molecule is N[C@@H]1CC(Br)=CN[C@@H]1N. The molecule has 1 rings (SSSR count). The van der Waals surface area contributed by atoms with E-state index in [1.165, 1.54) is 0 Å². The maximum Gasteiger partial charge on any atom is 0.0897 e. The highest BCUT2D eigenvalue weighted by Crippen LogP contribution is 2.14. The number of nitrogens with two attached hydrogens (primary N) is 2. The topological polar surface area (TPSA) is 64.1 Å². The van der Waals surface area contributed by atoms with E-state index in [-0.39, 0.29) is 12.2 Å². The van der Waals surface area contributed by atoms with Crippen LogP contribution in [0.25, 0.3) is 0 Å². The number of hydrogen-bond acceptors (Lipinski definition) is 3. The normalized spacial score (nSPS) is 35.2. The van der Waals surface area contributed by atoms with Crippen LogP contribution in [0.1, 0.15) is 6.42 Å². The summed E-state index contributed by atoms with van der Waals surface area (Å²) in [5.41, 5.74) is 11.1. The lowest BCUT2D eigenvalue weighted by molar-refractivity contribution is 0.467. The number of rotatable bonds is 0. The summed E-state index contributed by atoms with van der Waals surface area (Å²) in [6.45, 7) is 0. The first-order valence-electron chi connectivity index (χ1n) is 2.82. The average molecular weight is 192 g/mol. The van der Waals surface area contributed by atoms with Gasteiger partial charge >= 0.3 is 0 Å². The molecule has 0 aromatic carbocycles. The van der Waals surface area contributed by atoms with Gasteiger partial charge in [-0.1, -0.05) is 15.9 Å². The van der Waals surface area contributed by atoms with Crippen molar-refractivity contribution in [1.29, 1.82) is 0 Å². The zero-order chi connectivity index (χ0) is 6.85. The second-order valence-corrected chi connectivity index (χ2v) is 3.17. The van der Waals surface area contributed by atoms with E-state index < -0.39 is 0 Å². The van der Waals surface area contributed by atoms with E-state index in [1.807, 2.05) is 6.20 Å². The molecule has 0 aliphatic carbocycles. The summed E-state index contributed by atoms with van der Waals surface area (Å²) in [6.07, 6.45) is 2.58. The molecule has 52 valence electrons. The van der Waals surface area contributed by atoms with Crippen LogP contribution in [0.5, 0.6) is 0 Å². The molecule has 1 heterocycles. The van der Waals surface area contributed by atoms with Crippen molar-refractivity contribution < 1.29 is 0 Å². The molecular weight excluding hydrogens is 182 g/mol. The molecule has 0 amide bonds. The van der Waals surface area contributed by atoms with Crippen LogP contribution in [0, 0.1) is 0 Å². The lowest BCUT2D eigenvalue weighted by atomic mass is 10.1. The van der Waals surface area contributed by atoms with Gasteiger partial charge in [-0.15, -0.1) is 0 Å². The third kappa shape index (κ3) is 1.67. The van der Waals surface area contributed by atoms with Gasteiger partial charge in [0.05, 0.1) is 6.17 Å². The van der Waals surface area contributed by atoms with Gasteiger partial charge in [-0.3, -0.25) is 0 Å². The van der Waals surface area contributed by atoms with Crippen molar-refractivity contribution >= 4 is 15.9 Å². The summed E-state index contributed by atoms with van der Waals surface area (Å²) in [6, 6.07) is 0.0318. The fourth-order valence-electron chi connectivity index (χ4n) is 0.721. The lowest BCUT2D eigenvalue weighted by Gasteiger charge is -2.24. The first-order valence-corrected chi connectivity index (χ1v) is 3.61. The maximum atomic E-state index is 5.61. The summed E-state index contributed by atoms with van der Waals surface area (Å²) in [4.78, 5) is 0. The Balaban J connectivity index is 2.54. The summed E-state index contributed by atoms with van der Waals surface area (Å²) in [7, 11) is 0. The van der Waals surface area contributed by atoms with Crippen LogP contribution in [0.3, 0.4) is 0 Å². The van der Waals surface area contributed by atoms with Crippen molar-refractivity contribution in [2.75, 3.05) is 0 Å². The number of nitrogens with one attached hydrogen (secondary N) is 1. The van der Waals surface area contributed by atoms with Crippen LogP contribution in [0.15, 0.2) is 10.7 Å². The largest absolute Gasteiger partial charge is 0.374 e. The third-order valence-corrected chi connectivity index (χ3v) is 1.88. The minimum Gasteiger partial charge on any atom is -0.374 e. The maximum absolute atomic E-state index is 5.61. The first kappa shape index (κ1) is 7.05. The molecule has 0 bridgehead atoms. The van der Waals surface area contributed by atoms with Crippen LogP contribution < -0.4 is 16.8 Å². The van der Waals surface area contributed by atoms with Crippen molar-refractivity contribution in [3.63, 3.8) is 0 Å². The Kier molecular flexibility index (Phi) is 2.10. The van der Waals surface area contributed by atoms with Gasteiger partial charge in [-0.25, -0.2) is 0 Å². The van der Waals surface area contributed by atoms with Gasteiger partial charge in [0.25, 0.3) is 0 Å². The highest BCUT2D eigenvalue weighted by atomic mass is 79.9. The molecule has 0 radical (unpaired) electrons. The fraction of sp³-hybridized carbons (Fsp3) is 0.600. The monoisotopic (exact) mass is 191 g/mol. The minimum absolute atomic E-state index is 0.0318. The van der Waals surface area contributed by atoms with E-state index >= 15 is 0 Å². The Hall–Kier alpha value is -0.0600. The predicted octanol–water partition coefficient (Wildman–Crippen LogP) is -0.172. The molecule has 0 saturated carbocycles. The second kappa shape index (κ2) is 2.68. The standard InChI is InChI=1S/C5H10BrN3/c6-3-1-4(7)5(8)9-2-3/h2,4-5,9H,1,7-8H2/t4-,5+/m1/s1. The quantitative estimate of drug-likeness (QED) is 0.499. The second-order valence-electron chi connectivity index (χ2n) is 2.15. The van der Waals surface area contributed by atoms with Gasteiger partial charge in [0.15, 0.2) is 0 Å². The van der Waals surface area contributed by atoms with Gasteiger partial charge in [-0.2, -0.15) is 0 Å². The van der Waals surface area contributed by atoms with Crippen molar-refractivity contribution in [1.82, 2.24) is 5.32 Å². The molecule has 0 fully saturated rings. The molecular formula is C5H10BrN3. The summed E-state index contributed by atoms with van der Waals surface area (Å²) >= 11 is 3.32. The van der Waals surface area contributed by atoms with Crippen LogP contribution in [-0.4, -0.2) is 12.2 Å². The van der Waals surface area contributed by atoms with Crippen molar-refractivity contribution in [3.8, 4) is 0 Å². The molecule has 0 aromatic heterocycles. The molecule has 1 aliphatic heterocycles. The Morgan fingerprint density at radius 3 is 2.78 bits per heavy atom. The first-order chi connectivity index (χ1) is 4.20. The van der Waals surface area contributed by atoms with Gasteiger partial charge in [0.2, 0.25) is 0 Å². The van der Waals surface area contributed by atoms with Crippen LogP contribution >= 0.6 is 15.9 Å². The molecule has 2 atom stereocenters. The number of hydrogen-bond donors (Lipinski definition) is 3. The molecule has 0 saturated heterocycles. The highest BCUT2D eigenvalue weighted by molar-refractivity contribution is 9.11. The van der Waals surface area contributed by atoms with Crippen molar-refractivity contribution in [2.45, 2.75) is 18.6 Å². The summed E-state index contributed by atoms with van der Waals surface area (Å²) < 4.78 is 1.08. The van der Waals surface area contributed by atoms with Gasteiger partial charge in [-0.05, 0) is 6.42 Å². The highest BCUT2D eigenvalue weighted by Gasteiger charge is 2.16. The molecule has 3 nitrogen and oxygen atoms in total. The smallest absolute Gasteiger partial charge is 0.0897 e. The van der Waals surface area contributed by atoms with Crippen LogP contribution in [0.2, 0.25) is 0 Å². The van der Waals surface area contributed by atoms with Crippen LogP contribution in [0.4, 0.5) is 0 Å². The van der Waals surface area contributed by atoms with Gasteiger partial charge < -0.3 is 16.8 Å². The van der Waals surface area contributed by atoms with E-state index in [0.29, 0.717) is 0 Å². The Labute approximate surface area is 62.6 Å². The van der Waals surface area contributed by atoms with Gasteiger partial charge in [0, 0.05) is 16.7 Å². The molecule has 5 N–H and O–H groups in total. The lowest BCUT2D eigenvalue weighted by Crippen LogP contribution is -2.51. The predicted molar refractivity (Wildman–Crippen MR) is 40.7 cm³/mol. The Morgan fingerprint density at radius 2 is 2.33 bits per heavy atom. The average Bonchev–Trinajstić information content (AvgIpc) is 1.80. The van der Waals surface area contributed by atoms with E-state index in [0.717, 1.165) is 10.9 Å². The minimum atomic E-state index is -0.0914. The van der Waals surface area contributed by atoms with E-state index in [4.69, 9.17) is 11.5 Å². The van der Waals surface area contributed by atoms with Gasteiger partial charge in [0.1, 0.15) is 0 Å². The van der Waals surface area contributed by atoms with Crippen molar-refractivity contribution in [3.05, 3.63) is 10.7 Å². The third-order valence-electron chi connectivity index (χ3n) is 1.32. The zero-order valence-corrected chi connectivity index (χ0v) is 6.56. The number of halogens is 1. The van der Waals surface area contributed by atoms with E-state index in [2.05, 4.69) is 21.2 Å². The van der Waals surface area contributed by atoms with Crippen molar-refractivity contribution in [2.24, 2.45) is 11.5 Å². The fourth-order valence-corrected chi connectivity index (χ4v) is 1.23. The van der Waals surface area contributed by atoms with E-state index in [1.54, 1.807) is 0 Å². The zero-order valence-electron chi connectivity index (χ0n) is 4.97. The molecule has 0 spiro atoms. The molecule has 1 aliphatic rings. The molecule has 9 heavy (non-hydrogen) atoms. The summed E-state index contributed by atoms with van der Waals surface area (Å²) in [5.74, 6) is 0. The molecule has 0 unspecified atom stereocenters. The Morgan fingerprint density at radius 1 is 1.67 bits per heavy atom. The molecule has 4 heteroatoms. The molecule has 0 aromatic rings. The van der Waals surface area contributed by atoms with E-state index in [9.17, 15) is 0 Å². The summed E-state index contributed by atoms with van der Waals surface area (Å²) in [5, 5.41) is 2.93.